The molecule has 90 valence electrons. The van der Waals surface area contributed by atoms with Crippen molar-refractivity contribution >= 4 is 11.6 Å². The molecule has 0 saturated carbocycles. The quantitative estimate of drug-likeness (QED) is 0.907. The third-order valence-electron chi connectivity index (χ3n) is 2.51. The first-order chi connectivity index (χ1) is 8.06. The van der Waals surface area contributed by atoms with Crippen molar-refractivity contribution in [3.8, 4) is 0 Å². The van der Waals surface area contributed by atoms with Gasteiger partial charge >= 0.3 is 0 Å². The van der Waals surface area contributed by atoms with Crippen LogP contribution in [-0.2, 0) is 6.42 Å². The standard InChI is InChI=1S/C13H12ClFO2/c1-8-2-5-13(17-8)12(16)7-9-6-10(14)3-4-11(9)15/h2-6,12,16H,7H2,1H3. The fourth-order valence-corrected chi connectivity index (χ4v) is 1.84. The van der Waals surface area contributed by atoms with E-state index in [1.807, 2.05) is 0 Å². The Morgan fingerprint density at radius 2 is 2.12 bits per heavy atom. The first kappa shape index (κ1) is 12.1. The Balaban J connectivity index is 2.18. The van der Waals surface area contributed by atoms with Crippen molar-refractivity contribution in [2.45, 2.75) is 19.4 Å². The second kappa shape index (κ2) is 4.90. The molecule has 0 aliphatic rings. The van der Waals surface area contributed by atoms with Crippen molar-refractivity contribution in [1.82, 2.24) is 0 Å². The van der Waals surface area contributed by atoms with E-state index in [2.05, 4.69) is 0 Å². The van der Waals surface area contributed by atoms with Crippen molar-refractivity contribution in [1.29, 1.82) is 0 Å². The van der Waals surface area contributed by atoms with Crippen LogP contribution in [0.3, 0.4) is 0 Å². The predicted octanol–water partition coefficient (Wildman–Crippen LogP) is 3.66. The molecule has 0 amide bonds. The number of benzene rings is 1. The van der Waals surface area contributed by atoms with Gasteiger partial charge in [0, 0.05) is 11.4 Å². The average molecular weight is 255 g/mol. The molecule has 0 spiro atoms. The summed E-state index contributed by atoms with van der Waals surface area (Å²) in [5, 5.41) is 10.3. The Morgan fingerprint density at radius 1 is 1.35 bits per heavy atom. The van der Waals surface area contributed by atoms with Gasteiger partial charge in [0.2, 0.25) is 0 Å². The highest BCUT2D eigenvalue weighted by Crippen LogP contribution is 2.23. The van der Waals surface area contributed by atoms with Gasteiger partial charge in [0.1, 0.15) is 23.4 Å². The number of aliphatic hydroxyl groups is 1. The summed E-state index contributed by atoms with van der Waals surface area (Å²) in [6.45, 7) is 1.79. The summed E-state index contributed by atoms with van der Waals surface area (Å²) in [7, 11) is 0. The van der Waals surface area contributed by atoms with E-state index >= 15 is 0 Å². The van der Waals surface area contributed by atoms with Gasteiger partial charge in [-0.2, -0.15) is 0 Å². The molecule has 0 bridgehead atoms. The van der Waals surface area contributed by atoms with E-state index in [0.29, 0.717) is 22.1 Å². The molecular weight excluding hydrogens is 243 g/mol. The second-order valence-electron chi connectivity index (χ2n) is 3.90. The molecule has 4 heteroatoms. The average Bonchev–Trinajstić information content (AvgIpc) is 2.70. The Hall–Kier alpha value is -1.32. The molecule has 1 unspecified atom stereocenters. The first-order valence-corrected chi connectivity index (χ1v) is 5.62. The highest BCUT2D eigenvalue weighted by Gasteiger charge is 2.15. The normalized spacial score (nSPS) is 12.7. The monoisotopic (exact) mass is 254 g/mol. The topological polar surface area (TPSA) is 33.4 Å². The fraction of sp³-hybridized carbons (Fsp3) is 0.231. The maximum absolute atomic E-state index is 13.5. The number of furan rings is 1. The fourth-order valence-electron chi connectivity index (χ4n) is 1.64. The molecule has 0 fully saturated rings. The summed E-state index contributed by atoms with van der Waals surface area (Å²) in [4.78, 5) is 0. The maximum atomic E-state index is 13.5. The van der Waals surface area contributed by atoms with Gasteiger partial charge in [0.25, 0.3) is 0 Å². The summed E-state index contributed by atoms with van der Waals surface area (Å²) in [5.74, 6) is 0.768. The minimum Gasteiger partial charge on any atom is -0.464 e. The van der Waals surface area contributed by atoms with E-state index in [0.717, 1.165) is 0 Å². The SMILES string of the molecule is Cc1ccc(C(O)Cc2cc(Cl)ccc2F)o1. The summed E-state index contributed by atoms with van der Waals surface area (Å²) < 4.78 is 18.7. The summed E-state index contributed by atoms with van der Waals surface area (Å²) in [6, 6.07) is 7.72. The lowest BCUT2D eigenvalue weighted by molar-refractivity contribution is 0.147. The zero-order chi connectivity index (χ0) is 12.4. The van der Waals surface area contributed by atoms with Gasteiger partial charge in [0.15, 0.2) is 0 Å². The molecular formula is C13H12ClFO2. The lowest BCUT2D eigenvalue weighted by Gasteiger charge is -2.09. The van der Waals surface area contributed by atoms with Crippen LogP contribution in [0.2, 0.25) is 5.02 Å². The highest BCUT2D eigenvalue weighted by molar-refractivity contribution is 6.30. The van der Waals surface area contributed by atoms with Gasteiger partial charge in [-0.05, 0) is 42.8 Å². The van der Waals surface area contributed by atoms with Crippen LogP contribution in [0.25, 0.3) is 0 Å². The van der Waals surface area contributed by atoms with E-state index in [1.165, 1.54) is 18.2 Å². The summed E-state index contributed by atoms with van der Waals surface area (Å²) in [6.07, 6.45) is -0.726. The number of hydrogen-bond acceptors (Lipinski definition) is 2. The third kappa shape index (κ3) is 2.87. The largest absolute Gasteiger partial charge is 0.464 e. The van der Waals surface area contributed by atoms with Crippen molar-refractivity contribution in [3.63, 3.8) is 0 Å². The smallest absolute Gasteiger partial charge is 0.132 e. The summed E-state index contributed by atoms with van der Waals surface area (Å²) in [5.41, 5.74) is 0.374. The van der Waals surface area contributed by atoms with E-state index in [-0.39, 0.29) is 12.2 Å². The summed E-state index contributed by atoms with van der Waals surface area (Å²) >= 11 is 5.78. The van der Waals surface area contributed by atoms with E-state index < -0.39 is 6.10 Å². The van der Waals surface area contributed by atoms with E-state index in [9.17, 15) is 9.50 Å². The number of hydrogen-bond donors (Lipinski definition) is 1. The first-order valence-electron chi connectivity index (χ1n) is 5.24. The predicted molar refractivity (Wildman–Crippen MR) is 63.5 cm³/mol. The van der Waals surface area contributed by atoms with Gasteiger partial charge < -0.3 is 9.52 Å². The maximum Gasteiger partial charge on any atom is 0.132 e. The zero-order valence-electron chi connectivity index (χ0n) is 9.28. The van der Waals surface area contributed by atoms with Gasteiger partial charge in [0.05, 0.1) is 0 Å². The van der Waals surface area contributed by atoms with Crippen LogP contribution in [0, 0.1) is 12.7 Å². The van der Waals surface area contributed by atoms with Crippen molar-refractivity contribution in [2.24, 2.45) is 0 Å². The molecule has 0 radical (unpaired) electrons. The number of halogens is 2. The van der Waals surface area contributed by atoms with E-state index in [4.69, 9.17) is 16.0 Å². The molecule has 1 aromatic heterocycles. The lowest BCUT2D eigenvalue weighted by Crippen LogP contribution is -2.02. The molecule has 1 aromatic carbocycles. The van der Waals surface area contributed by atoms with Crippen molar-refractivity contribution in [2.75, 3.05) is 0 Å². The molecule has 2 rings (SSSR count). The van der Waals surface area contributed by atoms with Crippen LogP contribution in [0.4, 0.5) is 4.39 Å². The minimum absolute atomic E-state index is 0.138. The number of aliphatic hydroxyl groups excluding tert-OH is 1. The van der Waals surface area contributed by atoms with Crippen LogP contribution >= 0.6 is 11.6 Å². The van der Waals surface area contributed by atoms with Crippen molar-refractivity contribution < 1.29 is 13.9 Å². The molecule has 1 heterocycles. The van der Waals surface area contributed by atoms with Gasteiger partial charge in [-0.15, -0.1) is 0 Å². The van der Waals surface area contributed by atoms with Crippen LogP contribution in [0.5, 0.6) is 0 Å². The van der Waals surface area contributed by atoms with E-state index in [1.54, 1.807) is 19.1 Å². The van der Waals surface area contributed by atoms with Crippen LogP contribution in [0.15, 0.2) is 34.7 Å². The Kier molecular flexibility index (Phi) is 3.50. The van der Waals surface area contributed by atoms with Gasteiger partial charge in [-0.3, -0.25) is 0 Å². The van der Waals surface area contributed by atoms with Gasteiger partial charge in [-0.25, -0.2) is 4.39 Å². The lowest BCUT2D eigenvalue weighted by atomic mass is 10.1. The van der Waals surface area contributed by atoms with Crippen LogP contribution in [-0.4, -0.2) is 5.11 Å². The van der Waals surface area contributed by atoms with Gasteiger partial charge in [-0.1, -0.05) is 11.6 Å². The van der Waals surface area contributed by atoms with Crippen molar-refractivity contribution in [3.05, 3.63) is 58.3 Å². The minimum atomic E-state index is -0.864. The molecule has 0 aliphatic heterocycles. The molecule has 2 aromatic rings. The second-order valence-corrected chi connectivity index (χ2v) is 4.34. The van der Waals surface area contributed by atoms with Crippen LogP contribution < -0.4 is 0 Å². The molecule has 0 saturated heterocycles. The Bertz CT molecular complexity index is 522. The molecule has 17 heavy (non-hydrogen) atoms. The molecule has 1 atom stereocenters. The third-order valence-corrected chi connectivity index (χ3v) is 2.75. The Labute approximate surface area is 104 Å². The van der Waals surface area contributed by atoms with Crippen LogP contribution in [0.1, 0.15) is 23.2 Å². The number of rotatable bonds is 3. The zero-order valence-corrected chi connectivity index (χ0v) is 10.0. The number of aryl methyl sites for hydroxylation is 1. The molecule has 2 nitrogen and oxygen atoms in total. The highest BCUT2D eigenvalue weighted by atomic mass is 35.5. The molecule has 0 aliphatic carbocycles. The Morgan fingerprint density at radius 3 is 2.76 bits per heavy atom. The molecule has 1 N–H and O–H groups in total.